The van der Waals surface area contributed by atoms with E-state index in [-0.39, 0.29) is 6.04 Å². The topological polar surface area (TPSA) is 29.3 Å². The van der Waals surface area contributed by atoms with E-state index < -0.39 is 0 Å². The first-order valence-corrected chi connectivity index (χ1v) is 6.71. The Morgan fingerprint density at radius 3 is 2.35 bits per heavy atom. The molecule has 1 aromatic rings. The van der Waals surface area contributed by atoms with Crippen LogP contribution >= 0.6 is 23.2 Å². The number of halogens is 2. The number of hydrogen-bond acceptors (Lipinski definition) is 2. The second-order valence-electron chi connectivity index (χ2n) is 4.22. The van der Waals surface area contributed by atoms with Gasteiger partial charge in [0, 0.05) is 28.2 Å². The van der Waals surface area contributed by atoms with Gasteiger partial charge in [-0.1, -0.05) is 42.6 Å². The van der Waals surface area contributed by atoms with Crippen LogP contribution in [0.4, 0.5) is 0 Å². The molecule has 4 heteroatoms. The highest BCUT2D eigenvalue weighted by Crippen LogP contribution is 2.32. The van der Waals surface area contributed by atoms with Crippen molar-refractivity contribution in [3.8, 4) is 0 Å². The van der Waals surface area contributed by atoms with Gasteiger partial charge in [0.25, 0.3) is 0 Å². The SMILES string of the molecule is CCCCN(C)C(CN)c1c(Cl)cccc1Cl. The van der Waals surface area contributed by atoms with Crippen molar-refractivity contribution in [3.63, 3.8) is 0 Å². The fourth-order valence-corrected chi connectivity index (χ4v) is 2.56. The molecular formula is C13H20Cl2N2. The first-order valence-electron chi connectivity index (χ1n) is 5.96. The number of hydrogen-bond donors (Lipinski definition) is 1. The van der Waals surface area contributed by atoms with E-state index in [1.54, 1.807) is 0 Å². The second-order valence-corrected chi connectivity index (χ2v) is 5.04. The molecule has 0 heterocycles. The van der Waals surface area contributed by atoms with Gasteiger partial charge in [0.05, 0.1) is 0 Å². The maximum absolute atomic E-state index is 6.21. The van der Waals surface area contributed by atoms with Crippen LogP contribution in [0, 0.1) is 0 Å². The van der Waals surface area contributed by atoms with Crippen LogP contribution in [0.3, 0.4) is 0 Å². The molecule has 0 radical (unpaired) electrons. The molecule has 0 aliphatic heterocycles. The lowest BCUT2D eigenvalue weighted by molar-refractivity contribution is 0.246. The lowest BCUT2D eigenvalue weighted by Gasteiger charge is -2.28. The number of nitrogens with zero attached hydrogens (tertiary/aromatic N) is 1. The predicted octanol–water partition coefficient (Wildman–Crippen LogP) is 3.73. The van der Waals surface area contributed by atoms with Crippen molar-refractivity contribution in [2.75, 3.05) is 20.1 Å². The van der Waals surface area contributed by atoms with Gasteiger partial charge >= 0.3 is 0 Å². The van der Waals surface area contributed by atoms with E-state index in [1.807, 2.05) is 18.2 Å². The molecule has 0 saturated heterocycles. The zero-order chi connectivity index (χ0) is 12.8. The summed E-state index contributed by atoms with van der Waals surface area (Å²) in [5.74, 6) is 0. The van der Waals surface area contributed by atoms with Crippen LogP contribution in [0.15, 0.2) is 18.2 Å². The first-order chi connectivity index (χ1) is 8.11. The van der Waals surface area contributed by atoms with Crippen molar-refractivity contribution in [3.05, 3.63) is 33.8 Å². The average molecular weight is 275 g/mol. The highest BCUT2D eigenvalue weighted by atomic mass is 35.5. The number of rotatable bonds is 6. The van der Waals surface area contributed by atoms with E-state index in [1.165, 1.54) is 0 Å². The summed E-state index contributed by atoms with van der Waals surface area (Å²) in [7, 11) is 2.06. The van der Waals surface area contributed by atoms with E-state index >= 15 is 0 Å². The summed E-state index contributed by atoms with van der Waals surface area (Å²) >= 11 is 12.4. The monoisotopic (exact) mass is 274 g/mol. The van der Waals surface area contributed by atoms with Crippen LogP contribution in [0.25, 0.3) is 0 Å². The molecule has 0 aromatic heterocycles. The van der Waals surface area contributed by atoms with Crippen molar-refractivity contribution in [1.29, 1.82) is 0 Å². The van der Waals surface area contributed by atoms with Gasteiger partial charge in [0.15, 0.2) is 0 Å². The summed E-state index contributed by atoms with van der Waals surface area (Å²) in [6.45, 7) is 3.69. The summed E-state index contributed by atoms with van der Waals surface area (Å²) in [5.41, 5.74) is 6.80. The lowest BCUT2D eigenvalue weighted by Crippen LogP contribution is -2.31. The fraction of sp³-hybridized carbons (Fsp3) is 0.538. The van der Waals surface area contributed by atoms with E-state index in [2.05, 4.69) is 18.9 Å². The van der Waals surface area contributed by atoms with E-state index in [0.717, 1.165) is 24.9 Å². The molecule has 0 aliphatic rings. The maximum atomic E-state index is 6.21. The van der Waals surface area contributed by atoms with Gasteiger partial charge in [0.2, 0.25) is 0 Å². The van der Waals surface area contributed by atoms with Gasteiger partial charge in [-0.25, -0.2) is 0 Å². The van der Waals surface area contributed by atoms with Crippen molar-refractivity contribution in [1.82, 2.24) is 4.90 Å². The Hall–Kier alpha value is -0.280. The van der Waals surface area contributed by atoms with Gasteiger partial charge in [-0.2, -0.15) is 0 Å². The zero-order valence-electron chi connectivity index (χ0n) is 10.4. The summed E-state index contributed by atoms with van der Waals surface area (Å²) in [4.78, 5) is 2.22. The van der Waals surface area contributed by atoms with Gasteiger partial charge < -0.3 is 5.73 Å². The van der Waals surface area contributed by atoms with Crippen LogP contribution in [0.2, 0.25) is 10.0 Å². The van der Waals surface area contributed by atoms with Crippen molar-refractivity contribution < 1.29 is 0 Å². The highest BCUT2D eigenvalue weighted by molar-refractivity contribution is 6.36. The molecule has 0 saturated carbocycles. The molecule has 96 valence electrons. The average Bonchev–Trinajstić information content (AvgIpc) is 2.31. The zero-order valence-corrected chi connectivity index (χ0v) is 11.9. The standard InChI is InChI=1S/C13H20Cl2N2/c1-3-4-8-17(2)12(9-16)13-10(14)6-5-7-11(13)15/h5-7,12H,3-4,8-9,16H2,1-2H3. The Balaban J connectivity index is 2.93. The fourth-order valence-electron chi connectivity index (χ4n) is 1.91. The smallest absolute Gasteiger partial charge is 0.0496 e. The Bertz CT molecular complexity index is 335. The summed E-state index contributed by atoms with van der Waals surface area (Å²) < 4.78 is 0. The third kappa shape index (κ3) is 3.85. The van der Waals surface area contributed by atoms with E-state index in [4.69, 9.17) is 28.9 Å². The molecule has 2 N–H and O–H groups in total. The molecule has 2 nitrogen and oxygen atoms in total. The van der Waals surface area contributed by atoms with Crippen LogP contribution < -0.4 is 5.73 Å². The van der Waals surface area contributed by atoms with Crippen LogP contribution in [0.5, 0.6) is 0 Å². The van der Waals surface area contributed by atoms with Crippen molar-refractivity contribution >= 4 is 23.2 Å². The third-order valence-corrected chi connectivity index (χ3v) is 3.61. The predicted molar refractivity (Wildman–Crippen MR) is 75.8 cm³/mol. The molecular weight excluding hydrogens is 255 g/mol. The molecule has 0 fully saturated rings. The second kappa shape index (κ2) is 7.22. The molecule has 17 heavy (non-hydrogen) atoms. The quantitative estimate of drug-likeness (QED) is 0.857. The highest BCUT2D eigenvalue weighted by Gasteiger charge is 2.20. The maximum Gasteiger partial charge on any atom is 0.0496 e. The molecule has 0 amide bonds. The summed E-state index contributed by atoms with van der Waals surface area (Å²) in [5, 5.41) is 1.38. The van der Waals surface area contributed by atoms with Crippen LogP contribution in [-0.2, 0) is 0 Å². The van der Waals surface area contributed by atoms with Gasteiger partial charge in [-0.3, -0.25) is 4.90 Å². The van der Waals surface area contributed by atoms with Gasteiger partial charge in [0.1, 0.15) is 0 Å². The van der Waals surface area contributed by atoms with E-state index in [9.17, 15) is 0 Å². The number of unbranched alkanes of at least 4 members (excludes halogenated alkanes) is 1. The molecule has 1 atom stereocenters. The molecule has 1 unspecified atom stereocenters. The molecule has 1 aromatic carbocycles. The lowest BCUT2D eigenvalue weighted by atomic mass is 10.1. The normalized spacial score (nSPS) is 13.1. The Kier molecular flexibility index (Phi) is 6.28. The number of likely N-dealkylation sites (N-methyl/N-ethyl adjacent to an activating group) is 1. The first kappa shape index (κ1) is 14.8. The van der Waals surface area contributed by atoms with Gasteiger partial charge in [-0.05, 0) is 32.1 Å². The van der Waals surface area contributed by atoms with Gasteiger partial charge in [-0.15, -0.1) is 0 Å². The molecule has 1 rings (SSSR count). The van der Waals surface area contributed by atoms with Crippen LogP contribution in [-0.4, -0.2) is 25.0 Å². The Morgan fingerprint density at radius 1 is 1.29 bits per heavy atom. The number of nitrogens with two attached hydrogens (primary N) is 1. The molecule has 0 spiro atoms. The van der Waals surface area contributed by atoms with Crippen LogP contribution in [0.1, 0.15) is 31.4 Å². The minimum absolute atomic E-state index is 0.0859. The van der Waals surface area contributed by atoms with E-state index in [0.29, 0.717) is 16.6 Å². The minimum Gasteiger partial charge on any atom is -0.329 e. The summed E-state index contributed by atoms with van der Waals surface area (Å²) in [6.07, 6.45) is 2.31. The largest absolute Gasteiger partial charge is 0.329 e. The Morgan fingerprint density at radius 2 is 1.88 bits per heavy atom. The van der Waals surface area contributed by atoms with Crippen molar-refractivity contribution in [2.45, 2.75) is 25.8 Å². The minimum atomic E-state index is 0.0859. The Labute approximate surface area is 114 Å². The van der Waals surface area contributed by atoms with Crippen molar-refractivity contribution in [2.24, 2.45) is 5.73 Å². The molecule has 0 aliphatic carbocycles. The third-order valence-electron chi connectivity index (χ3n) is 2.95. The number of benzene rings is 1. The summed E-state index contributed by atoms with van der Waals surface area (Å²) in [6, 6.07) is 5.66. The molecule has 0 bridgehead atoms.